The standard InChI is InChI=1S/C19H32N4O/c1-5-11-21-18(24)10-12-22-19(20-6-2)23-14-16(4)17-9-7-8-15(3)13-17/h7-9,13,16H,5-6,10-12,14H2,1-4H3,(H,21,24)(H2,20,22,23). The van der Waals surface area contributed by atoms with E-state index in [1.165, 1.54) is 11.1 Å². The van der Waals surface area contributed by atoms with Gasteiger partial charge in [0, 0.05) is 38.5 Å². The van der Waals surface area contributed by atoms with Crippen LogP contribution in [0.5, 0.6) is 0 Å². The fourth-order valence-electron chi connectivity index (χ4n) is 2.30. The topological polar surface area (TPSA) is 65.5 Å². The van der Waals surface area contributed by atoms with E-state index in [0.717, 1.165) is 25.5 Å². The second-order valence-electron chi connectivity index (χ2n) is 6.06. The van der Waals surface area contributed by atoms with E-state index in [0.29, 0.717) is 25.4 Å². The Morgan fingerprint density at radius 3 is 2.62 bits per heavy atom. The molecule has 0 aliphatic rings. The highest BCUT2D eigenvalue weighted by Gasteiger charge is 2.06. The van der Waals surface area contributed by atoms with Gasteiger partial charge in [-0.25, -0.2) is 0 Å². The number of nitrogens with one attached hydrogen (secondary N) is 3. The predicted octanol–water partition coefficient (Wildman–Crippen LogP) is 2.57. The van der Waals surface area contributed by atoms with Crippen LogP contribution in [0.1, 0.15) is 50.7 Å². The second kappa shape index (κ2) is 11.5. The maximum Gasteiger partial charge on any atom is 0.221 e. The van der Waals surface area contributed by atoms with Crippen molar-refractivity contribution in [3.8, 4) is 0 Å². The van der Waals surface area contributed by atoms with E-state index in [1.807, 2.05) is 13.8 Å². The number of hydrogen-bond acceptors (Lipinski definition) is 2. The first-order chi connectivity index (χ1) is 11.6. The van der Waals surface area contributed by atoms with Gasteiger partial charge in [0.25, 0.3) is 0 Å². The van der Waals surface area contributed by atoms with Crippen molar-refractivity contribution in [3.05, 3.63) is 35.4 Å². The molecule has 1 amide bonds. The summed E-state index contributed by atoms with van der Waals surface area (Å²) in [5.41, 5.74) is 2.57. The molecule has 0 saturated heterocycles. The molecule has 1 aromatic carbocycles. The number of carbonyl (C=O) groups is 1. The van der Waals surface area contributed by atoms with Crippen LogP contribution in [0.4, 0.5) is 0 Å². The molecule has 0 radical (unpaired) electrons. The van der Waals surface area contributed by atoms with Crippen molar-refractivity contribution < 1.29 is 4.79 Å². The van der Waals surface area contributed by atoms with Gasteiger partial charge in [0.15, 0.2) is 5.96 Å². The van der Waals surface area contributed by atoms with Crippen LogP contribution in [-0.4, -0.2) is 38.0 Å². The SMILES string of the molecule is CCCNC(=O)CCNC(=NCC(C)c1cccc(C)c1)NCC. The molecule has 0 heterocycles. The Balaban J connectivity index is 2.48. The number of guanidine groups is 1. The first-order valence-corrected chi connectivity index (χ1v) is 8.92. The molecule has 1 rings (SSSR count). The Kier molecular flexibility index (Phi) is 9.58. The minimum Gasteiger partial charge on any atom is -0.357 e. The lowest BCUT2D eigenvalue weighted by molar-refractivity contribution is -0.120. The lowest BCUT2D eigenvalue weighted by atomic mass is 10.00. The maximum absolute atomic E-state index is 11.6. The molecular formula is C19H32N4O. The van der Waals surface area contributed by atoms with Gasteiger partial charge in [-0.15, -0.1) is 0 Å². The molecule has 0 saturated carbocycles. The molecule has 0 aliphatic carbocycles. The van der Waals surface area contributed by atoms with Gasteiger partial charge in [-0.05, 0) is 25.8 Å². The summed E-state index contributed by atoms with van der Waals surface area (Å²) in [5, 5.41) is 9.33. The van der Waals surface area contributed by atoms with E-state index in [-0.39, 0.29) is 5.91 Å². The monoisotopic (exact) mass is 332 g/mol. The number of carbonyl (C=O) groups excluding carboxylic acids is 1. The van der Waals surface area contributed by atoms with Crippen molar-refractivity contribution in [1.82, 2.24) is 16.0 Å². The van der Waals surface area contributed by atoms with E-state index >= 15 is 0 Å². The highest BCUT2D eigenvalue weighted by molar-refractivity contribution is 5.81. The first-order valence-electron chi connectivity index (χ1n) is 8.92. The molecule has 1 aromatic rings. The number of aryl methyl sites for hydroxylation is 1. The molecule has 134 valence electrons. The van der Waals surface area contributed by atoms with Gasteiger partial charge in [0.2, 0.25) is 5.91 Å². The molecule has 5 nitrogen and oxygen atoms in total. The van der Waals surface area contributed by atoms with Crippen LogP contribution < -0.4 is 16.0 Å². The summed E-state index contributed by atoms with van der Waals surface area (Å²) in [6, 6.07) is 8.54. The average molecular weight is 332 g/mol. The van der Waals surface area contributed by atoms with Crippen LogP contribution >= 0.6 is 0 Å². The van der Waals surface area contributed by atoms with Gasteiger partial charge in [0.05, 0.1) is 0 Å². The predicted molar refractivity (Wildman–Crippen MR) is 101 cm³/mol. The minimum absolute atomic E-state index is 0.0772. The molecule has 1 unspecified atom stereocenters. The van der Waals surface area contributed by atoms with Crippen molar-refractivity contribution >= 4 is 11.9 Å². The fourth-order valence-corrected chi connectivity index (χ4v) is 2.30. The van der Waals surface area contributed by atoms with Crippen LogP contribution in [-0.2, 0) is 4.79 Å². The molecular weight excluding hydrogens is 300 g/mol. The number of hydrogen-bond donors (Lipinski definition) is 3. The summed E-state index contributed by atoms with van der Waals surface area (Å²) in [6.45, 7) is 11.2. The minimum atomic E-state index is 0.0772. The third kappa shape index (κ3) is 7.99. The second-order valence-corrected chi connectivity index (χ2v) is 6.06. The Hall–Kier alpha value is -2.04. The third-order valence-electron chi connectivity index (χ3n) is 3.70. The van der Waals surface area contributed by atoms with Gasteiger partial charge in [-0.2, -0.15) is 0 Å². The highest BCUT2D eigenvalue weighted by atomic mass is 16.1. The number of rotatable bonds is 9. The van der Waals surface area contributed by atoms with Crippen LogP contribution in [0.2, 0.25) is 0 Å². The molecule has 0 bridgehead atoms. The van der Waals surface area contributed by atoms with E-state index in [9.17, 15) is 4.79 Å². The fraction of sp³-hybridized carbons (Fsp3) is 0.579. The quantitative estimate of drug-likeness (QED) is 0.481. The lowest BCUT2D eigenvalue weighted by Gasteiger charge is -2.14. The van der Waals surface area contributed by atoms with Crippen molar-refractivity contribution in [2.45, 2.75) is 46.5 Å². The van der Waals surface area contributed by atoms with Gasteiger partial charge < -0.3 is 16.0 Å². The van der Waals surface area contributed by atoms with Gasteiger partial charge in [-0.1, -0.05) is 43.7 Å². The molecule has 24 heavy (non-hydrogen) atoms. The van der Waals surface area contributed by atoms with Crippen molar-refractivity contribution in [2.75, 3.05) is 26.2 Å². The largest absolute Gasteiger partial charge is 0.357 e. The van der Waals surface area contributed by atoms with Gasteiger partial charge >= 0.3 is 0 Å². The van der Waals surface area contributed by atoms with Crippen LogP contribution in [0, 0.1) is 6.92 Å². The Bertz CT molecular complexity index is 528. The molecule has 5 heteroatoms. The molecule has 0 fully saturated rings. The average Bonchev–Trinajstić information content (AvgIpc) is 2.57. The molecule has 0 aromatic heterocycles. The molecule has 0 aliphatic heterocycles. The number of nitrogens with zero attached hydrogens (tertiary/aromatic N) is 1. The molecule has 1 atom stereocenters. The lowest BCUT2D eigenvalue weighted by Crippen LogP contribution is -2.39. The Morgan fingerprint density at radius 1 is 1.17 bits per heavy atom. The first kappa shape index (κ1) is 20.0. The van der Waals surface area contributed by atoms with Crippen molar-refractivity contribution in [1.29, 1.82) is 0 Å². The smallest absolute Gasteiger partial charge is 0.221 e. The van der Waals surface area contributed by atoms with Gasteiger partial charge in [-0.3, -0.25) is 9.79 Å². The third-order valence-corrected chi connectivity index (χ3v) is 3.70. The molecule has 0 spiro atoms. The normalized spacial score (nSPS) is 12.6. The van der Waals surface area contributed by atoms with Crippen LogP contribution in [0.25, 0.3) is 0 Å². The summed E-state index contributed by atoms with van der Waals surface area (Å²) in [5.74, 6) is 1.20. The van der Waals surface area contributed by atoms with Crippen LogP contribution in [0.15, 0.2) is 29.3 Å². The van der Waals surface area contributed by atoms with E-state index in [4.69, 9.17) is 0 Å². The highest BCUT2D eigenvalue weighted by Crippen LogP contribution is 2.16. The van der Waals surface area contributed by atoms with Crippen LogP contribution in [0.3, 0.4) is 0 Å². The maximum atomic E-state index is 11.6. The van der Waals surface area contributed by atoms with E-state index < -0.39 is 0 Å². The van der Waals surface area contributed by atoms with Crippen molar-refractivity contribution in [3.63, 3.8) is 0 Å². The van der Waals surface area contributed by atoms with E-state index in [2.05, 4.69) is 59.1 Å². The summed E-state index contributed by atoms with van der Waals surface area (Å²) in [7, 11) is 0. The zero-order chi connectivity index (χ0) is 17.8. The Morgan fingerprint density at radius 2 is 1.96 bits per heavy atom. The Labute approximate surface area is 146 Å². The number of aliphatic imine (C=N–C) groups is 1. The zero-order valence-corrected chi connectivity index (χ0v) is 15.5. The summed E-state index contributed by atoms with van der Waals surface area (Å²) < 4.78 is 0. The summed E-state index contributed by atoms with van der Waals surface area (Å²) in [6.07, 6.45) is 1.41. The van der Waals surface area contributed by atoms with Crippen molar-refractivity contribution in [2.24, 2.45) is 4.99 Å². The number of benzene rings is 1. The summed E-state index contributed by atoms with van der Waals surface area (Å²) in [4.78, 5) is 16.3. The van der Waals surface area contributed by atoms with Gasteiger partial charge in [0.1, 0.15) is 0 Å². The number of amides is 1. The summed E-state index contributed by atoms with van der Waals surface area (Å²) >= 11 is 0. The zero-order valence-electron chi connectivity index (χ0n) is 15.5. The molecule has 3 N–H and O–H groups in total. The van der Waals surface area contributed by atoms with E-state index in [1.54, 1.807) is 0 Å².